The average molecular weight is 272 g/mol. The molecule has 1 aromatic heterocycles. The van der Waals surface area contributed by atoms with E-state index in [1.165, 1.54) is 13.1 Å². The van der Waals surface area contributed by atoms with Gasteiger partial charge in [0.05, 0.1) is 19.3 Å². The number of hydrogen-bond donors (Lipinski definition) is 4. The highest BCUT2D eigenvalue weighted by Gasteiger charge is 2.39. The van der Waals surface area contributed by atoms with E-state index in [9.17, 15) is 19.8 Å². The van der Waals surface area contributed by atoms with Crippen molar-refractivity contribution in [2.45, 2.75) is 31.3 Å². The number of hydrogen-bond acceptors (Lipinski definition) is 6. The van der Waals surface area contributed by atoms with E-state index in [0.29, 0.717) is 5.56 Å². The molecule has 0 aliphatic carbocycles. The quantitative estimate of drug-likeness (QED) is 0.471. The van der Waals surface area contributed by atoms with Gasteiger partial charge in [-0.2, -0.15) is 0 Å². The Morgan fingerprint density at radius 1 is 1.42 bits per heavy atom. The molecule has 0 bridgehead atoms. The Balaban J connectivity index is 2.35. The molecule has 106 valence electrons. The number of aromatic amines is 1. The van der Waals surface area contributed by atoms with Crippen LogP contribution in [0, 0.1) is 6.92 Å². The Labute approximate surface area is 107 Å². The second-order valence-corrected chi connectivity index (χ2v) is 4.58. The van der Waals surface area contributed by atoms with Gasteiger partial charge in [0.2, 0.25) is 0 Å². The van der Waals surface area contributed by atoms with Gasteiger partial charge in [-0.05, 0) is 6.92 Å². The zero-order valence-electron chi connectivity index (χ0n) is 10.3. The molecular formula is C11H16N2O6. The topological polar surface area (TPSA) is 125 Å². The van der Waals surface area contributed by atoms with Crippen molar-refractivity contribution in [3.8, 4) is 0 Å². The zero-order valence-corrected chi connectivity index (χ0v) is 10.3. The fourth-order valence-corrected chi connectivity index (χ4v) is 2.10. The lowest BCUT2D eigenvalue weighted by Crippen LogP contribution is -2.54. The van der Waals surface area contributed by atoms with Gasteiger partial charge in [0, 0.05) is 11.8 Å². The molecule has 1 aliphatic rings. The number of nitrogens with one attached hydrogen (secondary N) is 1. The minimum absolute atomic E-state index is 0.0468. The summed E-state index contributed by atoms with van der Waals surface area (Å²) in [5, 5.41) is 28.7. The monoisotopic (exact) mass is 272 g/mol. The SMILES string of the molecule is Cc1cn(C2COC(CO)C(O)C2O)c(=O)[nH]c1=O. The van der Waals surface area contributed by atoms with E-state index in [-0.39, 0.29) is 6.61 Å². The fraction of sp³-hybridized carbons (Fsp3) is 0.636. The lowest BCUT2D eigenvalue weighted by molar-refractivity contribution is -0.170. The first-order chi connectivity index (χ1) is 8.95. The molecule has 0 amide bonds. The molecule has 2 heterocycles. The van der Waals surface area contributed by atoms with Crippen LogP contribution in [-0.4, -0.2) is 56.4 Å². The first-order valence-corrected chi connectivity index (χ1v) is 5.86. The Kier molecular flexibility index (Phi) is 3.85. The third kappa shape index (κ3) is 2.47. The molecule has 19 heavy (non-hydrogen) atoms. The summed E-state index contributed by atoms with van der Waals surface area (Å²) in [6, 6.07) is -0.819. The summed E-state index contributed by atoms with van der Waals surface area (Å²) in [5.74, 6) is 0. The Hall–Kier alpha value is -1.48. The summed E-state index contributed by atoms with van der Waals surface area (Å²) in [7, 11) is 0. The van der Waals surface area contributed by atoms with E-state index in [2.05, 4.69) is 4.98 Å². The van der Waals surface area contributed by atoms with Crippen LogP contribution < -0.4 is 11.2 Å². The third-order valence-corrected chi connectivity index (χ3v) is 3.29. The molecule has 8 nitrogen and oxygen atoms in total. The lowest BCUT2D eigenvalue weighted by atomic mass is 9.98. The minimum Gasteiger partial charge on any atom is -0.394 e. The molecule has 0 radical (unpaired) electrons. The molecule has 1 saturated heterocycles. The molecule has 0 saturated carbocycles. The number of aliphatic hydroxyl groups is 3. The average Bonchev–Trinajstić information content (AvgIpc) is 2.37. The number of aromatic nitrogens is 2. The third-order valence-electron chi connectivity index (χ3n) is 3.29. The highest BCUT2D eigenvalue weighted by atomic mass is 16.5. The summed E-state index contributed by atoms with van der Waals surface area (Å²) in [5.41, 5.74) is -0.871. The van der Waals surface area contributed by atoms with Crippen LogP contribution in [0.3, 0.4) is 0 Å². The molecule has 1 fully saturated rings. The van der Waals surface area contributed by atoms with Gasteiger partial charge in [-0.25, -0.2) is 4.79 Å². The first-order valence-electron chi connectivity index (χ1n) is 5.86. The van der Waals surface area contributed by atoms with Crippen molar-refractivity contribution >= 4 is 0 Å². The zero-order chi connectivity index (χ0) is 14.2. The van der Waals surface area contributed by atoms with E-state index in [1.807, 2.05) is 0 Å². The second-order valence-electron chi connectivity index (χ2n) is 4.58. The van der Waals surface area contributed by atoms with Crippen LogP contribution in [-0.2, 0) is 4.74 Å². The molecule has 1 aliphatic heterocycles. The van der Waals surface area contributed by atoms with E-state index in [4.69, 9.17) is 9.84 Å². The molecule has 2 rings (SSSR count). The predicted octanol–water partition coefficient (Wildman–Crippen LogP) is -2.50. The van der Waals surface area contributed by atoms with Gasteiger partial charge in [0.15, 0.2) is 0 Å². The van der Waals surface area contributed by atoms with E-state index in [1.54, 1.807) is 0 Å². The Bertz CT molecular complexity index is 565. The van der Waals surface area contributed by atoms with E-state index in [0.717, 1.165) is 4.57 Å². The van der Waals surface area contributed by atoms with Gasteiger partial charge < -0.3 is 20.1 Å². The maximum atomic E-state index is 11.7. The Morgan fingerprint density at radius 2 is 2.11 bits per heavy atom. The van der Waals surface area contributed by atoms with E-state index >= 15 is 0 Å². The molecule has 1 aromatic rings. The van der Waals surface area contributed by atoms with Crippen LogP contribution in [0.2, 0.25) is 0 Å². The molecule has 4 atom stereocenters. The number of aliphatic hydroxyl groups excluding tert-OH is 3. The van der Waals surface area contributed by atoms with Crippen molar-refractivity contribution in [1.29, 1.82) is 0 Å². The first kappa shape index (κ1) is 13.9. The fourth-order valence-electron chi connectivity index (χ4n) is 2.10. The highest BCUT2D eigenvalue weighted by Crippen LogP contribution is 2.23. The minimum atomic E-state index is -1.30. The van der Waals surface area contributed by atoms with Gasteiger partial charge in [-0.15, -0.1) is 0 Å². The van der Waals surface area contributed by atoms with Gasteiger partial charge >= 0.3 is 5.69 Å². The number of aryl methyl sites for hydroxylation is 1. The molecule has 0 aromatic carbocycles. The van der Waals surface area contributed by atoms with Crippen LogP contribution in [0.15, 0.2) is 15.8 Å². The van der Waals surface area contributed by atoms with Gasteiger partial charge in [0.25, 0.3) is 5.56 Å². The maximum Gasteiger partial charge on any atom is 0.328 e. The maximum absolute atomic E-state index is 11.7. The normalized spacial score (nSPS) is 31.4. The van der Waals surface area contributed by atoms with Gasteiger partial charge in [-0.1, -0.05) is 0 Å². The largest absolute Gasteiger partial charge is 0.394 e. The van der Waals surface area contributed by atoms with Gasteiger partial charge in [0.1, 0.15) is 18.3 Å². The number of H-pyrrole nitrogens is 1. The van der Waals surface area contributed by atoms with Crippen molar-refractivity contribution in [2.24, 2.45) is 0 Å². The number of ether oxygens (including phenoxy) is 1. The second kappa shape index (κ2) is 5.25. The van der Waals surface area contributed by atoms with E-state index < -0.39 is 42.2 Å². The van der Waals surface area contributed by atoms with Crippen LogP contribution in [0.1, 0.15) is 11.6 Å². The summed E-state index contributed by atoms with van der Waals surface area (Å²) < 4.78 is 6.31. The van der Waals surface area contributed by atoms with Crippen LogP contribution in [0.25, 0.3) is 0 Å². The number of nitrogens with zero attached hydrogens (tertiary/aromatic N) is 1. The van der Waals surface area contributed by atoms with Crippen molar-refractivity contribution in [2.75, 3.05) is 13.2 Å². The standard InChI is InChI=1S/C11H16N2O6/c1-5-2-13(11(18)12-10(5)17)6-4-19-7(3-14)9(16)8(6)15/h2,6-9,14-16H,3-4H2,1H3,(H,12,17,18). The van der Waals surface area contributed by atoms with Crippen LogP contribution in [0.4, 0.5) is 0 Å². The summed E-state index contributed by atoms with van der Waals surface area (Å²) in [4.78, 5) is 25.1. The molecule has 4 N–H and O–H groups in total. The Morgan fingerprint density at radius 3 is 2.74 bits per heavy atom. The van der Waals surface area contributed by atoms with Crippen molar-refractivity contribution in [3.63, 3.8) is 0 Å². The molecule has 4 unspecified atom stereocenters. The molecule has 8 heteroatoms. The number of rotatable bonds is 2. The smallest absolute Gasteiger partial charge is 0.328 e. The van der Waals surface area contributed by atoms with Crippen molar-refractivity contribution in [3.05, 3.63) is 32.6 Å². The lowest BCUT2D eigenvalue weighted by Gasteiger charge is -2.37. The van der Waals surface area contributed by atoms with Crippen LogP contribution >= 0.6 is 0 Å². The summed E-state index contributed by atoms with van der Waals surface area (Å²) in [6.07, 6.45) is -2.15. The van der Waals surface area contributed by atoms with Crippen molar-refractivity contribution in [1.82, 2.24) is 9.55 Å². The van der Waals surface area contributed by atoms with Gasteiger partial charge in [-0.3, -0.25) is 14.3 Å². The highest BCUT2D eigenvalue weighted by molar-refractivity contribution is 5.03. The van der Waals surface area contributed by atoms with Crippen LogP contribution in [0.5, 0.6) is 0 Å². The predicted molar refractivity (Wildman–Crippen MR) is 63.9 cm³/mol. The summed E-state index contributed by atoms with van der Waals surface area (Å²) >= 11 is 0. The van der Waals surface area contributed by atoms with Crippen molar-refractivity contribution < 1.29 is 20.1 Å². The molecule has 0 spiro atoms. The summed E-state index contributed by atoms with van der Waals surface area (Å²) in [6.45, 7) is 1.05. The molecular weight excluding hydrogens is 256 g/mol.